The maximum Gasteiger partial charge on any atom is 0.276 e. The van der Waals surface area contributed by atoms with Crippen LogP contribution in [0.4, 0.5) is 17.1 Å². The van der Waals surface area contributed by atoms with Gasteiger partial charge in [0.25, 0.3) is 16.7 Å². The first-order valence-electron chi connectivity index (χ1n) is 43.7. The highest BCUT2D eigenvalue weighted by atomic mass is 35.5. The number of fused-ring (bicyclic) bond motifs is 3. The van der Waals surface area contributed by atoms with Crippen molar-refractivity contribution in [3.63, 3.8) is 0 Å². The number of phenolic OH excluding ortho intramolecular Hbond substituents is 3. The van der Waals surface area contributed by atoms with E-state index < -0.39 is 33.9 Å². The van der Waals surface area contributed by atoms with E-state index in [1.165, 1.54) is 31.9 Å². The number of amides is 3. The van der Waals surface area contributed by atoms with Crippen LogP contribution in [0.1, 0.15) is 151 Å². The predicted octanol–water partition coefficient (Wildman–Crippen LogP) is 25.0. The lowest BCUT2D eigenvalue weighted by molar-refractivity contribution is -0.131. The van der Waals surface area contributed by atoms with E-state index in [1.54, 1.807) is 69.7 Å². The highest BCUT2D eigenvalue weighted by molar-refractivity contribution is 6.56. The summed E-state index contributed by atoms with van der Waals surface area (Å²) in [6.45, 7) is 41.1. The molecule has 3 aromatic carbocycles. The molecular weight excluding hydrogens is 2120 g/mol. The average molecular weight is 2200 g/mol. The Hall–Kier alpha value is -10.6. The second-order valence-electron chi connectivity index (χ2n) is 35.1. The smallest absolute Gasteiger partial charge is 0.276 e. The number of benzene rings is 3. The van der Waals surface area contributed by atoms with Crippen LogP contribution in [0.3, 0.4) is 0 Å². The Kier molecular flexibility index (Phi) is 32.7. The van der Waals surface area contributed by atoms with Crippen LogP contribution in [0.25, 0.3) is 83.9 Å². The molecule has 15 rings (SSSR count). The second kappa shape index (κ2) is 42.8. The number of carbonyl (C=O) groups is 3. The molecule has 3 amide bonds. The minimum Gasteiger partial charge on any atom is -0.506 e. The minimum absolute atomic E-state index is 0.0213. The van der Waals surface area contributed by atoms with E-state index in [9.17, 15) is 59.9 Å². The largest absolute Gasteiger partial charge is 0.506 e. The van der Waals surface area contributed by atoms with Gasteiger partial charge in [-0.15, -0.1) is 0 Å². The van der Waals surface area contributed by atoms with Gasteiger partial charge < -0.3 is 44.7 Å². The van der Waals surface area contributed by atoms with Gasteiger partial charge in [0, 0.05) is 110 Å². The number of carbonyl (C=O) groups excluding carboxylic acids is 3. The molecule has 0 spiro atoms. The Morgan fingerprint density at radius 2 is 0.567 bits per heavy atom. The van der Waals surface area contributed by atoms with Crippen molar-refractivity contribution >= 4 is 242 Å². The van der Waals surface area contributed by atoms with Crippen molar-refractivity contribution in [3.8, 4) is 86.3 Å². The zero-order valence-corrected chi connectivity index (χ0v) is 89.3. The number of nitriles is 3. The standard InChI is InChI=1S/3C33H29Cl5N6O3/c3*1-7-21(45)43-16(5)12-42(13-17(43)6)30-18-10-20(34)28(22-23(35)24(36)25(37)26(38)31(22)46)41-32(18)44(33(47)19(30)11-39)29-15(4)8-9-40-27(29)14(2)3/h3*7-10,14,16-17,46H,1,12-13H2,2-6H3/t3*16-,17+. The molecule has 0 bridgehead atoms. The molecule has 6 atom stereocenters. The summed E-state index contributed by atoms with van der Waals surface area (Å²) in [4.78, 5) is 121. The third kappa shape index (κ3) is 19.1. The molecule has 12 aromatic rings. The van der Waals surface area contributed by atoms with E-state index in [0.717, 1.165) is 0 Å². The zero-order chi connectivity index (χ0) is 104. The Morgan fingerprint density at radius 3 is 0.759 bits per heavy atom. The maximum absolute atomic E-state index is 14.6. The molecule has 732 valence electrons. The summed E-state index contributed by atoms with van der Waals surface area (Å²) in [7, 11) is 0. The van der Waals surface area contributed by atoms with Crippen LogP contribution in [0.2, 0.25) is 75.3 Å². The average Bonchev–Trinajstić information content (AvgIpc) is 0.725. The number of aryl methyl sites for hydroxylation is 3. The molecule has 0 unspecified atom stereocenters. The van der Waals surface area contributed by atoms with E-state index >= 15 is 0 Å². The van der Waals surface area contributed by atoms with Gasteiger partial charge in [0.1, 0.15) is 84.2 Å². The SMILES string of the molecule is C=CC(=O)N1[C@H](C)CN(c2c(C#N)c(=O)n(-c3c(C)ccnc3C(C)C)c3nc(-c4c(O)c(Cl)c(Cl)c(Cl)c4Cl)c(Cl)cc23)C[C@@H]1C.C=CC(=O)N1[C@H](C)CN(c2c(C#N)c(=O)n(-c3c(C)ccnc3C(C)C)c3nc(-c4c(O)c(Cl)c(Cl)c(Cl)c4Cl)c(Cl)cc23)C[C@@H]1C.C=CC(=O)N1[C@H](C)CN(c2c(C#N)c(=O)n(-c3c(C)ccnc3C(C)C)c3nc(-c4c(O)c(Cl)c(Cl)c(Cl)c4Cl)c(Cl)cc23)C[C@@H]1C. The van der Waals surface area contributed by atoms with Crippen LogP contribution < -0.4 is 31.4 Å². The molecule has 0 aliphatic carbocycles. The summed E-state index contributed by atoms with van der Waals surface area (Å²) >= 11 is 97.2. The Balaban J connectivity index is 0.000000178. The molecule has 3 saturated heterocycles. The van der Waals surface area contributed by atoms with E-state index in [-0.39, 0.29) is 214 Å². The summed E-state index contributed by atoms with van der Waals surface area (Å²) in [6.07, 6.45) is 8.76. The van der Waals surface area contributed by atoms with E-state index in [0.29, 0.717) is 123 Å². The third-order valence-corrected chi connectivity index (χ3v) is 31.0. The van der Waals surface area contributed by atoms with Gasteiger partial charge in [-0.1, -0.05) is 235 Å². The van der Waals surface area contributed by atoms with Crippen molar-refractivity contribution in [1.82, 2.24) is 58.3 Å². The van der Waals surface area contributed by atoms with Crippen LogP contribution in [0, 0.1) is 54.8 Å². The number of hydrogen-bond acceptors (Lipinski definition) is 21. The fourth-order valence-corrected chi connectivity index (χ4v) is 22.3. The van der Waals surface area contributed by atoms with Gasteiger partial charge in [-0.05, 0) is 151 Å². The van der Waals surface area contributed by atoms with Gasteiger partial charge in [0.05, 0.1) is 145 Å². The molecule has 3 N–H and O–H groups in total. The molecule has 0 radical (unpaired) electrons. The number of halogens is 15. The van der Waals surface area contributed by atoms with Gasteiger partial charge in [-0.2, -0.15) is 15.8 Å². The van der Waals surface area contributed by atoms with Crippen molar-refractivity contribution in [3.05, 3.63) is 250 Å². The van der Waals surface area contributed by atoms with E-state index in [1.807, 2.05) is 119 Å². The summed E-state index contributed by atoms with van der Waals surface area (Å²) in [5.74, 6) is -2.52. The van der Waals surface area contributed by atoms with E-state index in [4.69, 9.17) is 189 Å². The lowest BCUT2D eigenvalue weighted by atomic mass is 10.0. The molecule has 141 heavy (non-hydrogen) atoms. The number of nitrogens with zero attached hydrogens (tertiary/aromatic N) is 18. The second-order valence-corrected chi connectivity index (χ2v) is 40.9. The van der Waals surface area contributed by atoms with Gasteiger partial charge in [-0.25, -0.2) is 15.0 Å². The number of phenols is 3. The minimum atomic E-state index is -0.638. The number of aromatic hydroxyl groups is 3. The monoisotopic (exact) mass is 2200 g/mol. The van der Waals surface area contributed by atoms with Crippen LogP contribution in [-0.2, 0) is 14.4 Å². The van der Waals surface area contributed by atoms with Crippen LogP contribution in [0.15, 0.2) is 107 Å². The fraction of sp³-hybridized carbons (Fsp3) is 0.303. The van der Waals surface area contributed by atoms with Crippen molar-refractivity contribution in [1.29, 1.82) is 15.8 Å². The number of pyridine rings is 9. The van der Waals surface area contributed by atoms with E-state index in [2.05, 4.69) is 52.9 Å². The molecule has 42 heteroatoms. The van der Waals surface area contributed by atoms with Crippen molar-refractivity contribution in [2.75, 3.05) is 54.0 Å². The van der Waals surface area contributed by atoms with Gasteiger partial charge >= 0.3 is 0 Å². The quantitative estimate of drug-likeness (QED) is 0.0487. The summed E-state index contributed by atoms with van der Waals surface area (Å²) < 4.78 is 4.05. The van der Waals surface area contributed by atoms with Gasteiger partial charge in [-0.3, -0.25) is 57.4 Å². The van der Waals surface area contributed by atoms with Crippen molar-refractivity contribution < 1.29 is 29.7 Å². The molecule has 12 heterocycles. The van der Waals surface area contributed by atoms with Crippen molar-refractivity contribution in [2.24, 2.45) is 0 Å². The van der Waals surface area contributed by atoms with Crippen LogP contribution in [-0.4, -0.2) is 167 Å². The van der Waals surface area contributed by atoms with Crippen LogP contribution >= 0.6 is 174 Å². The molecule has 3 fully saturated rings. The highest BCUT2D eigenvalue weighted by Crippen LogP contribution is 2.56. The first kappa shape index (κ1) is 108. The number of rotatable bonds is 15. The molecular formula is C99H87Cl15N18O9. The molecule has 27 nitrogen and oxygen atoms in total. The predicted molar refractivity (Wildman–Crippen MR) is 567 cm³/mol. The summed E-state index contributed by atoms with van der Waals surface area (Å²) in [5.41, 5.74) is 3.87. The normalized spacial score (nSPS) is 16.6. The number of piperazine rings is 3. The first-order chi connectivity index (χ1) is 66.5. The van der Waals surface area contributed by atoms with Crippen LogP contribution in [0.5, 0.6) is 17.2 Å². The number of aromatic nitrogens is 9. The Bertz CT molecular complexity index is 6850. The number of hydrogen-bond donors (Lipinski definition) is 3. The fourth-order valence-electron chi connectivity index (χ4n) is 18.7. The Morgan fingerprint density at radius 1 is 0.362 bits per heavy atom. The molecule has 9 aromatic heterocycles. The molecule has 0 saturated carbocycles. The van der Waals surface area contributed by atoms with Gasteiger partial charge in [0.15, 0.2) is 0 Å². The maximum atomic E-state index is 14.6. The highest BCUT2D eigenvalue weighted by Gasteiger charge is 2.42. The Labute approximate surface area is 885 Å². The lowest BCUT2D eigenvalue weighted by Crippen LogP contribution is -2.58. The molecule has 3 aliphatic rings. The van der Waals surface area contributed by atoms with Crippen molar-refractivity contribution in [2.45, 2.75) is 158 Å². The summed E-state index contributed by atoms with van der Waals surface area (Å²) in [6, 6.07) is 14.6. The zero-order valence-electron chi connectivity index (χ0n) is 78.0. The third-order valence-electron chi connectivity index (χ3n) is 24.8. The topological polar surface area (TPSA) is 346 Å². The van der Waals surface area contributed by atoms with Gasteiger partial charge in [0.2, 0.25) is 17.7 Å². The lowest BCUT2D eigenvalue weighted by Gasteiger charge is -2.45. The summed E-state index contributed by atoms with van der Waals surface area (Å²) in [5, 5.41) is 64.1. The first-order valence-corrected chi connectivity index (χ1v) is 49.3. The molecule has 3 aliphatic heterocycles. The number of anilines is 3.